The number of amides is 1. The lowest BCUT2D eigenvalue weighted by molar-refractivity contribution is -0.144. The van der Waals surface area contributed by atoms with E-state index in [9.17, 15) is 22.8 Å². The van der Waals surface area contributed by atoms with Crippen molar-refractivity contribution in [3.8, 4) is 0 Å². The standard InChI is InChI=1S/C12H13F3N2O3/c1-6(18)17-10(12(19)20-2)5-16-11-8(14)3-7(13)4-9(11)15/h3-4,10,16H,5H2,1-2H3,(H,17,18). The van der Waals surface area contributed by atoms with Crippen molar-refractivity contribution < 1.29 is 27.5 Å². The third-order valence-electron chi connectivity index (χ3n) is 2.35. The van der Waals surface area contributed by atoms with Gasteiger partial charge in [-0.2, -0.15) is 0 Å². The fourth-order valence-corrected chi connectivity index (χ4v) is 1.50. The van der Waals surface area contributed by atoms with Gasteiger partial charge in [0, 0.05) is 25.6 Å². The molecule has 1 aromatic carbocycles. The molecule has 1 atom stereocenters. The van der Waals surface area contributed by atoms with Crippen LogP contribution < -0.4 is 10.6 Å². The van der Waals surface area contributed by atoms with Crippen LogP contribution in [0.25, 0.3) is 0 Å². The number of carbonyl (C=O) groups is 2. The minimum atomic E-state index is -1.14. The molecule has 0 aliphatic carbocycles. The first-order valence-electron chi connectivity index (χ1n) is 5.58. The number of halogens is 3. The largest absolute Gasteiger partial charge is 0.467 e. The molecule has 0 saturated carbocycles. The molecule has 2 N–H and O–H groups in total. The fourth-order valence-electron chi connectivity index (χ4n) is 1.50. The van der Waals surface area contributed by atoms with Crippen molar-refractivity contribution in [3.05, 3.63) is 29.6 Å². The molecule has 0 bridgehead atoms. The third-order valence-corrected chi connectivity index (χ3v) is 2.35. The average molecular weight is 290 g/mol. The number of hydrogen-bond acceptors (Lipinski definition) is 4. The number of esters is 1. The molecule has 0 aromatic heterocycles. The van der Waals surface area contributed by atoms with Crippen LogP contribution in [0.1, 0.15) is 6.92 Å². The SMILES string of the molecule is COC(=O)C(CNc1c(F)cc(F)cc1F)NC(C)=O. The van der Waals surface area contributed by atoms with Crippen molar-refractivity contribution in [2.45, 2.75) is 13.0 Å². The highest BCUT2D eigenvalue weighted by Crippen LogP contribution is 2.19. The second kappa shape index (κ2) is 6.78. The van der Waals surface area contributed by atoms with Crippen LogP contribution in [0.5, 0.6) is 0 Å². The summed E-state index contributed by atoms with van der Waals surface area (Å²) in [5, 5.41) is 4.55. The van der Waals surface area contributed by atoms with Gasteiger partial charge in [-0.05, 0) is 0 Å². The van der Waals surface area contributed by atoms with Gasteiger partial charge in [0.2, 0.25) is 5.91 Å². The molecule has 5 nitrogen and oxygen atoms in total. The third kappa shape index (κ3) is 4.15. The molecule has 1 unspecified atom stereocenters. The summed E-state index contributed by atoms with van der Waals surface area (Å²) >= 11 is 0. The predicted octanol–water partition coefficient (Wildman–Crippen LogP) is 1.19. The van der Waals surface area contributed by atoms with Gasteiger partial charge in [0.1, 0.15) is 17.5 Å². The van der Waals surface area contributed by atoms with Crippen LogP contribution in [-0.4, -0.2) is 31.6 Å². The molecule has 0 fully saturated rings. The summed E-state index contributed by atoms with van der Waals surface area (Å²) in [5.41, 5.74) is -0.592. The van der Waals surface area contributed by atoms with Crippen LogP contribution in [0.4, 0.5) is 18.9 Å². The Morgan fingerprint density at radius 1 is 1.25 bits per heavy atom. The number of anilines is 1. The minimum absolute atomic E-state index is 0.314. The number of rotatable bonds is 5. The summed E-state index contributed by atoms with van der Waals surface area (Å²) in [6.45, 7) is 0.862. The van der Waals surface area contributed by atoms with E-state index in [1.807, 2.05) is 0 Å². The number of ether oxygens (including phenoxy) is 1. The number of nitrogens with one attached hydrogen (secondary N) is 2. The number of methoxy groups -OCH3 is 1. The van der Waals surface area contributed by atoms with Gasteiger partial charge in [-0.1, -0.05) is 0 Å². The van der Waals surface area contributed by atoms with Gasteiger partial charge in [-0.25, -0.2) is 18.0 Å². The molecule has 8 heteroatoms. The van der Waals surface area contributed by atoms with Crippen molar-refractivity contribution in [2.75, 3.05) is 19.0 Å². The van der Waals surface area contributed by atoms with Crippen molar-refractivity contribution in [1.29, 1.82) is 0 Å². The first-order valence-corrected chi connectivity index (χ1v) is 5.58. The van der Waals surface area contributed by atoms with E-state index < -0.39 is 41.1 Å². The predicted molar refractivity (Wildman–Crippen MR) is 64.4 cm³/mol. The van der Waals surface area contributed by atoms with Gasteiger partial charge >= 0.3 is 5.97 Å². The van der Waals surface area contributed by atoms with Crippen LogP contribution in [0.3, 0.4) is 0 Å². The minimum Gasteiger partial charge on any atom is -0.467 e. The summed E-state index contributed by atoms with van der Waals surface area (Å²) < 4.78 is 43.9. The highest BCUT2D eigenvalue weighted by Gasteiger charge is 2.21. The van der Waals surface area contributed by atoms with E-state index in [0.29, 0.717) is 12.1 Å². The van der Waals surface area contributed by atoms with Gasteiger partial charge in [0.25, 0.3) is 0 Å². The lowest BCUT2D eigenvalue weighted by Crippen LogP contribution is -2.45. The van der Waals surface area contributed by atoms with Crippen LogP contribution >= 0.6 is 0 Å². The average Bonchev–Trinajstić information content (AvgIpc) is 2.34. The van der Waals surface area contributed by atoms with Gasteiger partial charge in [0.15, 0.2) is 11.6 Å². The van der Waals surface area contributed by atoms with E-state index in [4.69, 9.17) is 0 Å². The van der Waals surface area contributed by atoms with Gasteiger partial charge in [-0.15, -0.1) is 0 Å². The molecule has 1 aromatic rings. The quantitative estimate of drug-likeness (QED) is 0.799. The maximum atomic E-state index is 13.4. The molecule has 0 aliphatic heterocycles. The Balaban J connectivity index is 2.82. The zero-order chi connectivity index (χ0) is 15.3. The zero-order valence-corrected chi connectivity index (χ0v) is 10.8. The Bertz CT molecular complexity index is 500. The Hall–Kier alpha value is -2.25. The van der Waals surface area contributed by atoms with Gasteiger partial charge in [0.05, 0.1) is 7.11 Å². The summed E-state index contributed by atoms with van der Waals surface area (Å²) in [7, 11) is 1.11. The maximum absolute atomic E-state index is 13.4. The Labute approximate surface area is 113 Å². The molecule has 1 amide bonds. The van der Waals surface area contributed by atoms with Crippen LogP contribution in [0.2, 0.25) is 0 Å². The van der Waals surface area contributed by atoms with Crippen LogP contribution in [-0.2, 0) is 14.3 Å². The van der Waals surface area contributed by atoms with E-state index in [1.54, 1.807) is 0 Å². The van der Waals surface area contributed by atoms with Crippen molar-refractivity contribution in [3.63, 3.8) is 0 Å². The van der Waals surface area contributed by atoms with E-state index in [2.05, 4.69) is 15.4 Å². The van der Waals surface area contributed by atoms with E-state index in [1.165, 1.54) is 6.92 Å². The topological polar surface area (TPSA) is 67.4 Å². The fraction of sp³-hybridized carbons (Fsp3) is 0.333. The molecule has 20 heavy (non-hydrogen) atoms. The maximum Gasteiger partial charge on any atom is 0.330 e. The lowest BCUT2D eigenvalue weighted by atomic mass is 10.2. The van der Waals surface area contributed by atoms with E-state index >= 15 is 0 Å². The summed E-state index contributed by atoms with van der Waals surface area (Å²) in [5.74, 6) is -4.64. The Morgan fingerprint density at radius 2 is 1.80 bits per heavy atom. The van der Waals surface area contributed by atoms with E-state index in [0.717, 1.165) is 7.11 Å². The second-order valence-electron chi connectivity index (χ2n) is 3.90. The monoisotopic (exact) mass is 290 g/mol. The second-order valence-corrected chi connectivity index (χ2v) is 3.90. The van der Waals surface area contributed by atoms with Crippen molar-refractivity contribution in [1.82, 2.24) is 5.32 Å². The molecule has 0 aliphatic rings. The first-order chi connectivity index (χ1) is 9.35. The molecular weight excluding hydrogens is 277 g/mol. The normalized spacial score (nSPS) is 11.7. The highest BCUT2D eigenvalue weighted by atomic mass is 19.1. The van der Waals surface area contributed by atoms with E-state index in [-0.39, 0.29) is 6.54 Å². The highest BCUT2D eigenvalue weighted by molar-refractivity contribution is 5.83. The molecule has 0 saturated heterocycles. The number of benzene rings is 1. The molecule has 0 spiro atoms. The zero-order valence-electron chi connectivity index (χ0n) is 10.8. The van der Waals surface area contributed by atoms with Crippen molar-refractivity contribution >= 4 is 17.6 Å². The summed E-state index contributed by atoms with van der Waals surface area (Å²) in [6, 6.07) is -0.130. The molecule has 0 radical (unpaired) electrons. The van der Waals surface area contributed by atoms with Crippen LogP contribution in [0.15, 0.2) is 12.1 Å². The Morgan fingerprint density at radius 3 is 2.25 bits per heavy atom. The summed E-state index contributed by atoms with van der Waals surface area (Å²) in [4.78, 5) is 22.3. The number of carbonyl (C=O) groups excluding carboxylic acids is 2. The molecule has 1 rings (SSSR count). The van der Waals surface area contributed by atoms with Gasteiger partial charge in [-0.3, -0.25) is 4.79 Å². The molecular formula is C12H13F3N2O3. The first kappa shape index (κ1) is 15.8. The van der Waals surface area contributed by atoms with Crippen LogP contribution in [0, 0.1) is 17.5 Å². The number of hydrogen-bond donors (Lipinski definition) is 2. The summed E-state index contributed by atoms with van der Waals surface area (Å²) in [6.07, 6.45) is 0. The molecule has 0 heterocycles. The van der Waals surface area contributed by atoms with Crippen molar-refractivity contribution in [2.24, 2.45) is 0 Å². The Kier molecular flexibility index (Phi) is 5.36. The molecule has 110 valence electrons. The van der Waals surface area contributed by atoms with Gasteiger partial charge < -0.3 is 15.4 Å². The lowest BCUT2D eigenvalue weighted by Gasteiger charge is -2.17. The smallest absolute Gasteiger partial charge is 0.330 e.